The van der Waals surface area contributed by atoms with Gasteiger partial charge in [-0.2, -0.15) is 4.98 Å². The van der Waals surface area contributed by atoms with Crippen LogP contribution >= 0.6 is 24.4 Å². The lowest BCUT2D eigenvalue weighted by Crippen LogP contribution is -2.62. The molecule has 1 atom stereocenters. The molecule has 8 nitrogen and oxygen atoms in total. The average molecular weight is 538 g/mol. The van der Waals surface area contributed by atoms with E-state index >= 15 is 0 Å². The van der Waals surface area contributed by atoms with E-state index in [4.69, 9.17) is 22.7 Å². The summed E-state index contributed by atoms with van der Waals surface area (Å²) < 4.78 is -0.589. The molecular weight excluding hydrogens is 512 g/mol. The van der Waals surface area contributed by atoms with Crippen molar-refractivity contribution >= 4 is 30.2 Å². The van der Waals surface area contributed by atoms with E-state index in [-0.39, 0.29) is 0 Å². The van der Waals surface area contributed by atoms with Crippen molar-refractivity contribution in [3.63, 3.8) is 0 Å². The third kappa shape index (κ3) is 4.69. The van der Waals surface area contributed by atoms with E-state index in [1.807, 2.05) is 48.7 Å². The van der Waals surface area contributed by atoms with E-state index in [0.29, 0.717) is 28.6 Å². The molecule has 0 amide bonds. The summed E-state index contributed by atoms with van der Waals surface area (Å²) in [5, 5.41) is 13.0. The lowest BCUT2D eigenvalue weighted by atomic mass is 10.1. The molecule has 0 bridgehead atoms. The molecule has 0 aliphatic carbocycles. The number of aromatic amines is 1. The van der Waals surface area contributed by atoms with Crippen molar-refractivity contribution in [1.29, 1.82) is 0 Å². The summed E-state index contributed by atoms with van der Waals surface area (Å²) in [4.78, 5) is 13.5. The number of rotatable bonds is 8. The van der Waals surface area contributed by atoms with Crippen molar-refractivity contribution in [1.82, 2.24) is 30.6 Å². The smallest absolute Gasteiger partial charge is 0.264 e. The average Bonchev–Trinajstić information content (AvgIpc) is 3.53. The van der Waals surface area contributed by atoms with Crippen LogP contribution in [0.5, 0.6) is 0 Å². The fourth-order valence-corrected chi connectivity index (χ4v) is 6.12. The molecule has 3 aromatic heterocycles. The summed E-state index contributed by atoms with van der Waals surface area (Å²) in [6, 6.07) is 30.5. The number of amidine groups is 1. The number of hydrazone groups is 1. The molecule has 0 saturated heterocycles. The number of H-pyrrole nitrogens is 1. The third-order valence-electron chi connectivity index (χ3n) is 6.41. The van der Waals surface area contributed by atoms with Gasteiger partial charge in [0, 0.05) is 41.5 Å². The molecule has 4 heterocycles. The summed E-state index contributed by atoms with van der Waals surface area (Å²) in [6.07, 6.45) is 5.35. The molecule has 1 aliphatic rings. The Balaban J connectivity index is 1.46. The van der Waals surface area contributed by atoms with Crippen molar-refractivity contribution in [2.45, 2.75) is 22.6 Å². The fraction of sp³-hybridized carbons (Fsp3) is 0.107. The second kappa shape index (κ2) is 10.4. The van der Waals surface area contributed by atoms with Crippen LogP contribution in [0, 0.1) is 0 Å². The van der Waals surface area contributed by atoms with Gasteiger partial charge in [0.15, 0.2) is 5.82 Å². The largest absolute Gasteiger partial charge is 0.296 e. The van der Waals surface area contributed by atoms with Crippen LogP contribution in [0.1, 0.15) is 16.7 Å². The number of hydrogen-bond acceptors (Lipinski definition) is 8. The second-order valence-electron chi connectivity index (χ2n) is 8.94. The van der Waals surface area contributed by atoms with Crippen LogP contribution in [0.3, 0.4) is 0 Å². The summed E-state index contributed by atoms with van der Waals surface area (Å²) in [5.74, 6) is 1.44. The zero-order valence-corrected chi connectivity index (χ0v) is 22.1. The second-order valence-corrected chi connectivity index (χ2v) is 11.0. The van der Waals surface area contributed by atoms with Gasteiger partial charge < -0.3 is 0 Å². The van der Waals surface area contributed by atoms with Crippen LogP contribution in [-0.2, 0) is 13.1 Å². The minimum Gasteiger partial charge on any atom is -0.264 e. The van der Waals surface area contributed by atoms with Gasteiger partial charge in [-0.1, -0.05) is 79.4 Å². The highest BCUT2D eigenvalue weighted by Crippen LogP contribution is 2.48. The zero-order chi connectivity index (χ0) is 25.8. The number of benzene rings is 2. The number of thioether (sulfide) groups is 1. The van der Waals surface area contributed by atoms with E-state index in [1.54, 1.807) is 12.4 Å². The molecule has 0 fully saturated rings. The Bertz CT molecular complexity index is 1490. The maximum Gasteiger partial charge on any atom is 0.296 e. The molecule has 2 N–H and O–H groups in total. The van der Waals surface area contributed by atoms with Gasteiger partial charge in [0.2, 0.25) is 5.16 Å². The van der Waals surface area contributed by atoms with Crippen molar-refractivity contribution in [2.75, 3.05) is 0 Å². The normalized spacial score (nSPS) is 18.1. The van der Waals surface area contributed by atoms with E-state index in [2.05, 4.69) is 74.1 Å². The first-order chi connectivity index (χ1) is 18.7. The maximum atomic E-state index is 5.32. The highest BCUT2D eigenvalue weighted by molar-refractivity contribution is 8.11. The van der Waals surface area contributed by atoms with E-state index in [1.165, 1.54) is 11.8 Å². The minimum atomic E-state index is -0.944. The number of thiol groups is 1. The molecule has 2 aromatic carbocycles. The van der Waals surface area contributed by atoms with Gasteiger partial charge in [-0.05, 0) is 24.3 Å². The van der Waals surface area contributed by atoms with Gasteiger partial charge in [-0.25, -0.2) is 9.91 Å². The number of nitrogens with zero attached hydrogens (tertiary/aromatic N) is 6. The Morgan fingerprint density at radius 1 is 0.816 bits per heavy atom. The number of pyridine rings is 2. The van der Waals surface area contributed by atoms with Crippen LogP contribution in [0.4, 0.5) is 0 Å². The summed E-state index contributed by atoms with van der Waals surface area (Å²) in [5.41, 5.74) is 7.33. The highest BCUT2D eigenvalue weighted by atomic mass is 32.2. The van der Waals surface area contributed by atoms with E-state index in [9.17, 15) is 0 Å². The highest BCUT2D eigenvalue weighted by Gasteiger charge is 2.59. The molecule has 188 valence electrons. The monoisotopic (exact) mass is 537 g/mol. The number of aromatic nitrogens is 5. The van der Waals surface area contributed by atoms with Gasteiger partial charge in [-0.15, -0.1) is 10.2 Å². The molecule has 6 rings (SSSR count). The Hall–Kier alpha value is -3.99. The first kappa shape index (κ1) is 24.4. The maximum absolute atomic E-state index is 5.32. The Kier molecular flexibility index (Phi) is 6.67. The molecule has 1 aliphatic heterocycles. The first-order valence-corrected chi connectivity index (χ1v) is 13.4. The standard InChI is InChI=1S/C28H24N8S2/c37-28(38-27-31-25(32-34-27)24-15-7-8-17-30-24)35-33-26(23-14-9-16-29-18-23)36(28,19-21-10-3-1-4-11-21)20-22-12-5-2-6-13-22/h1-18,35H,19-20H2,(H-,31,32,34,37)/p+1. The van der Waals surface area contributed by atoms with Gasteiger partial charge >= 0.3 is 0 Å². The Labute approximate surface area is 230 Å². The van der Waals surface area contributed by atoms with Crippen molar-refractivity contribution < 1.29 is 4.48 Å². The molecule has 1 unspecified atom stereocenters. The molecule has 38 heavy (non-hydrogen) atoms. The molecule has 0 saturated carbocycles. The van der Waals surface area contributed by atoms with Crippen LogP contribution in [0.2, 0.25) is 0 Å². The molecule has 10 heteroatoms. The van der Waals surface area contributed by atoms with E-state index in [0.717, 1.165) is 28.2 Å². The molecule has 0 spiro atoms. The fourth-order valence-electron chi connectivity index (χ4n) is 4.62. The quantitative estimate of drug-likeness (QED) is 0.145. The van der Waals surface area contributed by atoms with Gasteiger partial charge in [-0.3, -0.25) is 15.1 Å². The lowest BCUT2D eigenvalue weighted by Gasteiger charge is -2.44. The minimum absolute atomic E-state index is 0.355. The van der Waals surface area contributed by atoms with Crippen molar-refractivity contribution in [2.24, 2.45) is 5.10 Å². The lowest BCUT2D eigenvalue weighted by molar-refractivity contribution is -0.884. The van der Waals surface area contributed by atoms with Gasteiger partial charge in [0.1, 0.15) is 18.8 Å². The number of nitrogens with one attached hydrogen (secondary N) is 2. The molecule has 5 aromatic rings. The van der Waals surface area contributed by atoms with Gasteiger partial charge in [0.05, 0.1) is 5.56 Å². The Morgan fingerprint density at radius 3 is 2.16 bits per heavy atom. The van der Waals surface area contributed by atoms with Crippen LogP contribution in [0.25, 0.3) is 11.5 Å². The SMILES string of the molecule is SC1(Sc2n[nH]c(-c3ccccn3)n2)NN=C(c2cccnc2)[N+]1(Cc1ccccc1)Cc1ccccc1. The number of quaternary nitrogens is 1. The Morgan fingerprint density at radius 2 is 1.53 bits per heavy atom. The van der Waals surface area contributed by atoms with Crippen molar-refractivity contribution in [3.05, 3.63) is 126 Å². The van der Waals surface area contributed by atoms with Gasteiger partial charge in [0.25, 0.3) is 10.2 Å². The molecule has 0 radical (unpaired) electrons. The zero-order valence-electron chi connectivity index (χ0n) is 20.3. The third-order valence-corrected chi connectivity index (χ3v) is 8.26. The number of hydrogen-bond donors (Lipinski definition) is 3. The summed E-state index contributed by atoms with van der Waals surface area (Å²) in [7, 11) is 0. The summed E-state index contributed by atoms with van der Waals surface area (Å²) >= 11 is 6.74. The van der Waals surface area contributed by atoms with Crippen LogP contribution in [0.15, 0.2) is 120 Å². The van der Waals surface area contributed by atoms with Crippen LogP contribution in [-0.4, -0.2) is 39.8 Å². The van der Waals surface area contributed by atoms with Crippen LogP contribution < -0.4 is 5.43 Å². The predicted octanol–water partition coefficient (Wildman–Crippen LogP) is 5.08. The van der Waals surface area contributed by atoms with E-state index < -0.39 is 4.33 Å². The summed E-state index contributed by atoms with van der Waals surface area (Å²) in [6.45, 7) is 1.26. The topological polar surface area (TPSA) is 91.7 Å². The van der Waals surface area contributed by atoms with Crippen molar-refractivity contribution in [3.8, 4) is 11.5 Å². The first-order valence-electron chi connectivity index (χ1n) is 12.1. The molecular formula is C28H25N8S2+. The predicted molar refractivity (Wildman–Crippen MR) is 152 cm³/mol.